The van der Waals surface area contributed by atoms with Crippen LogP contribution in [0.15, 0.2) is 12.3 Å². The van der Waals surface area contributed by atoms with Crippen molar-refractivity contribution in [2.75, 3.05) is 24.5 Å². The van der Waals surface area contributed by atoms with E-state index in [1.807, 2.05) is 38.7 Å². The van der Waals surface area contributed by atoms with Gasteiger partial charge in [0, 0.05) is 37.8 Å². The smallest absolute Gasteiger partial charge is 0.410 e. The highest BCUT2D eigenvalue weighted by atomic mass is 35.5. The minimum atomic E-state index is -0.660. The molecule has 2 saturated heterocycles. The molecule has 6 nitrogen and oxygen atoms in total. The van der Waals surface area contributed by atoms with Crippen LogP contribution in [0, 0.1) is 0 Å². The number of hydrogen-bond acceptors (Lipinski definition) is 5. The molecule has 3 heterocycles. The maximum absolute atomic E-state index is 12.4. The Morgan fingerprint density at radius 2 is 2.07 bits per heavy atom. The lowest BCUT2D eigenvalue weighted by atomic mass is 9.86. The van der Waals surface area contributed by atoms with E-state index >= 15 is 0 Å². The van der Waals surface area contributed by atoms with Gasteiger partial charge in [-0.15, -0.1) is 0 Å². The van der Waals surface area contributed by atoms with E-state index in [1.165, 1.54) is 0 Å². The molecule has 1 amide bonds. The summed E-state index contributed by atoms with van der Waals surface area (Å²) < 4.78 is 5.53. The molecule has 0 aliphatic carbocycles. The van der Waals surface area contributed by atoms with Crippen LogP contribution in [0.1, 0.15) is 59.1 Å². The van der Waals surface area contributed by atoms with Gasteiger partial charge in [-0.1, -0.05) is 11.6 Å². The summed E-state index contributed by atoms with van der Waals surface area (Å²) >= 11 is 6.19. The van der Waals surface area contributed by atoms with Crippen molar-refractivity contribution in [2.45, 2.75) is 70.6 Å². The number of nitrogens with zero attached hydrogens (tertiary/aromatic N) is 3. The standard InChI is InChI=1S/C20H30ClN3O3/c1-13-8-14(6-7-24(13)18(25)27-19(2,3)4)17-16(9-15(21)10-22-17)23-11-20(5,26)12-23/h9-10,13-14,26H,6-8,11-12H2,1-5H3/t13-,14?/m0/s1. The molecule has 27 heavy (non-hydrogen) atoms. The summed E-state index contributed by atoms with van der Waals surface area (Å²) in [5, 5.41) is 10.7. The van der Waals surface area contributed by atoms with E-state index in [0.29, 0.717) is 24.7 Å². The molecule has 1 aromatic rings. The van der Waals surface area contributed by atoms with Gasteiger partial charge in [-0.3, -0.25) is 4.98 Å². The Morgan fingerprint density at radius 1 is 1.41 bits per heavy atom. The fraction of sp³-hybridized carbons (Fsp3) is 0.700. The Labute approximate surface area is 166 Å². The molecule has 1 unspecified atom stereocenters. The predicted octanol–water partition coefficient (Wildman–Crippen LogP) is 3.81. The van der Waals surface area contributed by atoms with Gasteiger partial charge in [0.25, 0.3) is 0 Å². The number of aromatic nitrogens is 1. The fourth-order valence-corrected chi connectivity index (χ4v) is 4.12. The lowest BCUT2D eigenvalue weighted by Gasteiger charge is -2.47. The Balaban J connectivity index is 1.73. The SMILES string of the molecule is C[C@H]1CC(c2ncc(Cl)cc2N2CC(C)(O)C2)CCN1C(=O)OC(C)(C)C. The van der Waals surface area contributed by atoms with Crippen molar-refractivity contribution >= 4 is 23.4 Å². The highest BCUT2D eigenvalue weighted by Gasteiger charge is 2.40. The second kappa shape index (κ2) is 7.13. The number of pyridine rings is 1. The summed E-state index contributed by atoms with van der Waals surface area (Å²) in [6.45, 7) is 11.3. The topological polar surface area (TPSA) is 65.9 Å². The average Bonchev–Trinajstić information content (AvgIpc) is 2.50. The zero-order valence-electron chi connectivity index (χ0n) is 16.8. The van der Waals surface area contributed by atoms with E-state index in [1.54, 1.807) is 6.20 Å². The quantitative estimate of drug-likeness (QED) is 0.824. The number of carbonyl (C=O) groups is 1. The molecule has 7 heteroatoms. The maximum Gasteiger partial charge on any atom is 0.410 e. The van der Waals surface area contributed by atoms with Gasteiger partial charge >= 0.3 is 6.09 Å². The largest absolute Gasteiger partial charge is 0.444 e. The van der Waals surface area contributed by atoms with Crippen LogP contribution in [0.25, 0.3) is 0 Å². The second-order valence-corrected chi connectivity index (χ2v) is 9.59. The number of hydrogen-bond donors (Lipinski definition) is 1. The Hall–Kier alpha value is -1.53. The average molecular weight is 396 g/mol. The number of carbonyl (C=O) groups excluding carboxylic acids is 1. The number of aliphatic hydroxyl groups is 1. The Kier molecular flexibility index (Phi) is 5.34. The second-order valence-electron chi connectivity index (χ2n) is 9.15. The van der Waals surface area contributed by atoms with E-state index in [0.717, 1.165) is 24.2 Å². The third-order valence-corrected chi connectivity index (χ3v) is 5.37. The zero-order valence-corrected chi connectivity index (χ0v) is 17.6. The molecule has 2 fully saturated rings. The molecule has 1 aromatic heterocycles. The first kappa shape index (κ1) is 20.2. The van der Waals surface area contributed by atoms with Gasteiger partial charge in [0.15, 0.2) is 0 Å². The molecule has 2 aliphatic rings. The molecule has 0 bridgehead atoms. The maximum atomic E-state index is 12.4. The minimum Gasteiger partial charge on any atom is -0.444 e. The molecular formula is C20H30ClN3O3. The molecule has 3 rings (SSSR count). The first-order valence-corrected chi connectivity index (χ1v) is 9.95. The van der Waals surface area contributed by atoms with Gasteiger partial charge in [-0.05, 0) is 53.5 Å². The van der Waals surface area contributed by atoms with Crippen LogP contribution in [-0.2, 0) is 4.74 Å². The van der Waals surface area contributed by atoms with Crippen LogP contribution < -0.4 is 4.90 Å². The van der Waals surface area contributed by atoms with Crippen molar-refractivity contribution in [1.29, 1.82) is 0 Å². The molecule has 1 N–H and O–H groups in total. The summed E-state index contributed by atoms with van der Waals surface area (Å²) in [5.41, 5.74) is 0.850. The van der Waals surface area contributed by atoms with Crippen LogP contribution in [0.3, 0.4) is 0 Å². The molecule has 2 atom stereocenters. The number of likely N-dealkylation sites (tertiary alicyclic amines) is 1. The highest BCUT2D eigenvalue weighted by Crippen LogP contribution is 2.39. The lowest BCUT2D eigenvalue weighted by molar-refractivity contribution is 0.0100. The van der Waals surface area contributed by atoms with Crippen LogP contribution in [0.2, 0.25) is 5.02 Å². The van der Waals surface area contributed by atoms with Gasteiger partial charge in [-0.2, -0.15) is 0 Å². The van der Waals surface area contributed by atoms with Gasteiger partial charge in [0.05, 0.1) is 22.0 Å². The van der Waals surface area contributed by atoms with Gasteiger partial charge in [-0.25, -0.2) is 4.79 Å². The number of amides is 1. The summed E-state index contributed by atoms with van der Waals surface area (Å²) in [4.78, 5) is 21.0. The van der Waals surface area contributed by atoms with Crippen molar-refractivity contribution in [3.8, 4) is 0 Å². The summed E-state index contributed by atoms with van der Waals surface area (Å²) in [6, 6.07) is 2.01. The number of anilines is 1. The lowest BCUT2D eigenvalue weighted by Crippen LogP contribution is -2.60. The molecular weight excluding hydrogens is 366 g/mol. The van der Waals surface area contributed by atoms with E-state index in [9.17, 15) is 9.90 Å². The number of β-amino-alcohol motifs (C(OH)–C–C–N with tert-alkyl or cyclic N) is 1. The van der Waals surface area contributed by atoms with E-state index < -0.39 is 11.2 Å². The summed E-state index contributed by atoms with van der Waals surface area (Å²) in [6.07, 6.45) is 3.08. The number of halogens is 1. The molecule has 150 valence electrons. The van der Waals surface area contributed by atoms with E-state index in [2.05, 4.69) is 16.8 Å². The first-order chi connectivity index (χ1) is 12.5. The van der Waals surface area contributed by atoms with Crippen molar-refractivity contribution in [3.63, 3.8) is 0 Å². The minimum absolute atomic E-state index is 0.0726. The predicted molar refractivity (Wildman–Crippen MR) is 106 cm³/mol. The van der Waals surface area contributed by atoms with Crippen molar-refractivity contribution < 1.29 is 14.6 Å². The third kappa shape index (κ3) is 4.66. The molecule has 2 aliphatic heterocycles. The van der Waals surface area contributed by atoms with Crippen LogP contribution in [0.5, 0.6) is 0 Å². The van der Waals surface area contributed by atoms with Crippen molar-refractivity contribution in [3.05, 3.63) is 23.0 Å². The van der Waals surface area contributed by atoms with Gasteiger partial charge < -0.3 is 19.6 Å². The number of piperidine rings is 1. The fourth-order valence-electron chi connectivity index (χ4n) is 3.97. The van der Waals surface area contributed by atoms with E-state index in [4.69, 9.17) is 16.3 Å². The van der Waals surface area contributed by atoms with E-state index in [-0.39, 0.29) is 18.1 Å². The van der Waals surface area contributed by atoms with Crippen LogP contribution in [0.4, 0.5) is 10.5 Å². The van der Waals surface area contributed by atoms with Gasteiger partial charge in [0.2, 0.25) is 0 Å². The summed E-state index contributed by atoms with van der Waals surface area (Å²) in [5.74, 6) is 0.247. The monoisotopic (exact) mass is 395 g/mol. The Morgan fingerprint density at radius 3 is 2.63 bits per heavy atom. The third-order valence-electron chi connectivity index (χ3n) is 5.16. The van der Waals surface area contributed by atoms with Crippen LogP contribution >= 0.6 is 11.6 Å². The van der Waals surface area contributed by atoms with Crippen molar-refractivity contribution in [2.24, 2.45) is 0 Å². The molecule has 0 spiro atoms. The Bertz CT molecular complexity index is 709. The normalized spacial score (nSPS) is 25.1. The highest BCUT2D eigenvalue weighted by molar-refractivity contribution is 6.30. The van der Waals surface area contributed by atoms with Crippen molar-refractivity contribution in [1.82, 2.24) is 9.88 Å². The number of rotatable bonds is 2. The molecule has 0 aromatic carbocycles. The zero-order chi connectivity index (χ0) is 20.0. The first-order valence-electron chi connectivity index (χ1n) is 9.57. The van der Waals surface area contributed by atoms with Gasteiger partial charge in [0.1, 0.15) is 5.60 Å². The molecule has 0 saturated carbocycles. The van der Waals surface area contributed by atoms with Crippen LogP contribution in [-0.4, -0.2) is 58.0 Å². The number of ether oxygens (including phenoxy) is 1. The molecule has 0 radical (unpaired) electrons. The summed E-state index contributed by atoms with van der Waals surface area (Å²) in [7, 11) is 0.